The number of carbonyl (C=O) groups is 1. The van der Waals surface area contributed by atoms with E-state index in [1.54, 1.807) is 0 Å². The molecular weight excluding hydrogens is 377 g/mol. The SMILES string of the molecule is COC(=O)c1c(C)c(-c2cccc(C(F)(F)F)c2)nc2ccc([N+](=O)[O-])cc12. The number of halogens is 3. The molecule has 1 aromatic heterocycles. The van der Waals surface area contributed by atoms with Gasteiger partial charge in [-0.3, -0.25) is 10.1 Å². The zero-order valence-corrected chi connectivity index (χ0v) is 14.7. The summed E-state index contributed by atoms with van der Waals surface area (Å²) in [5, 5.41) is 11.3. The molecule has 0 radical (unpaired) electrons. The van der Waals surface area contributed by atoms with Crippen LogP contribution < -0.4 is 0 Å². The van der Waals surface area contributed by atoms with Crippen LogP contribution in [0.25, 0.3) is 22.2 Å². The van der Waals surface area contributed by atoms with Crippen molar-refractivity contribution in [2.45, 2.75) is 13.1 Å². The highest BCUT2D eigenvalue weighted by atomic mass is 19.4. The van der Waals surface area contributed by atoms with Gasteiger partial charge in [0.25, 0.3) is 5.69 Å². The Bertz CT molecular complexity index is 1110. The number of nitrogens with zero attached hydrogens (tertiary/aromatic N) is 2. The average Bonchev–Trinajstić information content (AvgIpc) is 2.66. The molecule has 0 spiro atoms. The van der Waals surface area contributed by atoms with E-state index < -0.39 is 22.6 Å². The van der Waals surface area contributed by atoms with Gasteiger partial charge in [0, 0.05) is 23.1 Å². The molecule has 1 heterocycles. The van der Waals surface area contributed by atoms with E-state index in [2.05, 4.69) is 4.98 Å². The number of carbonyl (C=O) groups excluding carboxylic acids is 1. The van der Waals surface area contributed by atoms with Crippen molar-refractivity contribution in [1.82, 2.24) is 4.98 Å². The fourth-order valence-electron chi connectivity index (χ4n) is 2.95. The molecule has 0 saturated carbocycles. The van der Waals surface area contributed by atoms with Crippen molar-refractivity contribution >= 4 is 22.6 Å². The van der Waals surface area contributed by atoms with Crippen LogP contribution in [-0.2, 0) is 10.9 Å². The molecule has 0 aliphatic carbocycles. The number of nitro benzene ring substituents is 1. The first kappa shape index (κ1) is 19.3. The van der Waals surface area contributed by atoms with Crippen molar-refractivity contribution in [3.8, 4) is 11.3 Å². The second kappa shape index (κ2) is 6.91. The Morgan fingerprint density at radius 1 is 1.18 bits per heavy atom. The van der Waals surface area contributed by atoms with Crippen LogP contribution in [0.15, 0.2) is 42.5 Å². The number of hydrogen-bond acceptors (Lipinski definition) is 5. The lowest BCUT2D eigenvalue weighted by Gasteiger charge is -2.14. The van der Waals surface area contributed by atoms with Crippen LogP contribution in [0, 0.1) is 17.0 Å². The Morgan fingerprint density at radius 3 is 2.50 bits per heavy atom. The van der Waals surface area contributed by atoms with Gasteiger partial charge in [0.2, 0.25) is 0 Å². The topological polar surface area (TPSA) is 82.3 Å². The number of alkyl halides is 3. The lowest BCUT2D eigenvalue weighted by Crippen LogP contribution is -2.09. The summed E-state index contributed by atoms with van der Waals surface area (Å²) in [6, 6.07) is 8.31. The number of esters is 1. The molecule has 0 atom stereocenters. The molecule has 9 heteroatoms. The first-order valence-electron chi connectivity index (χ1n) is 7.98. The third kappa shape index (κ3) is 3.38. The Hall–Kier alpha value is -3.49. The molecule has 3 aromatic rings. The lowest BCUT2D eigenvalue weighted by atomic mass is 9.96. The number of ether oxygens (including phenoxy) is 1. The maximum absolute atomic E-state index is 13.1. The average molecular weight is 390 g/mol. The molecule has 0 N–H and O–H groups in total. The number of aromatic nitrogens is 1. The summed E-state index contributed by atoms with van der Waals surface area (Å²) in [6.45, 7) is 1.51. The van der Waals surface area contributed by atoms with Gasteiger partial charge in [-0.1, -0.05) is 12.1 Å². The number of benzene rings is 2. The standard InChI is InChI=1S/C19H13F3N2O4/c1-10-16(18(25)28-2)14-9-13(24(26)27)6-7-15(14)23-17(10)11-4-3-5-12(8-11)19(20,21)22/h3-9H,1-2H3. The number of pyridine rings is 1. The number of methoxy groups -OCH3 is 1. The van der Waals surface area contributed by atoms with Crippen LogP contribution in [0.3, 0.4) is 0 Å². The minimum Gasteiger partial charge on any atom is -0.465 e. The molecule has 2 aromatic carbocycles. The smallest absolute Gasteiger partial charge is 0.416 e. The van der Waals surface area contributed by atoms with E-state index in [4.69, 9.17) is 4.74 Å². The maximum Gasteiger partial charge on any atom is 0.416 e. The molecule has 0 saturated heterocycles. The Labute approximate surface area is 156 Å². The second-order valence-corrected chi connectivity index (χ2v) is 5.99. The largest absolute Gasteiger partial charge is 0.465 e. The molecular formula is C19H13F3N2O4. The van der Waals surface area contributed by atoms with Gasteiger partial charge in [0.15, 0.2) is 0 Å². The molecule has 0 aliphatic rings. The van der Waals surface area contributed by atoms with Gasteiger partial charge < -0.3 is 4.74 Å². The van der Waals surface area contributed by atoms with Crippen LogP contribution in [0.2, 0.25) is 0 Å². The summed E-state index contributed by atoms with van der Waals surface area (Å²) in [5.41, 5.74) is -0.266. The van der Waals surface area contributed by atoms with E-state index in [1.807, 2.05) is 0 Å². The zero-order chi connectivity index (χ0) is 20.6. The molecule has 6 nitrogen and oxygen atoms in total. The predicted molar refractivity (Wildman–Crippen MR) is 94.9 cm³/mol. The maximum atomic E-state index is 13.1. The summed E-state index contributed by atoms with van der Waals surface area (Å²) < 4.78 is 44.0. The Balaban J connectivity index is 2.34. The monoisotopic (exact) mass is 390 g/mol. The summed E-state index contributed by atoms with van der Waals surface area (Å²) in [5.74, 6) is -0.765. The van der Waals surface area contributed by atoms with Gasteiger partial charge in [0.1, 0.15) is 0 Å². The molecule has 0 aliphatic heterocycles. The summed E-state index contributed by atoms with van der Waals surface area (Å²) >= 11 is 0. The van der Waals surface area contributed by atoms with Crippen LogP contribution in [0.1, 0.15) is 21.5 Å². The summed E-state index contributed by atoms with van der Waals surface area (Å²) in [4.78, 5) is 27.1. The number of non-ortho nitro benzene ring substituents is 1. The summed E-state index contributed by atoms with van der Waals surface area (Å²) in [6.07, 6.45) is -4.54. The fraction of sp³-hybridized carbons (Fsp3) is 0.158. The van der Waals surface area contributed by atoms with Crippen molar-refractivity contribution in [1.29, 1.82) is 0 Å². The normalized spacial score (nSPS) is 11.5. The molecule has 0 fully saturated rings. The van der Waals surface area contributed by atoms with E-state index in [1.165, 1.54) is 37.3 Å². The van der Waals surface area contributed by atoms with Gasteiger partial charge >= 0.3 is 12.1 Å². The van der Waals surface area contributed by atoms with Gasteiger partial charge in [-0.15, -0.1) is 0 Å². The number of rotatable bonds is 3. The van der Waals surface area contributed by atoms with Gasteiger partial charge in [-0.2, -0.15) is 13.2 Å². The van der Waals surface area contributed by atoms with Crippen LogP contribution >= 0.6 is 0 Å². The highest BCUT2D eigenvalue weighted by molar-refractivity contribution is 6.07. The predicted octanol–water partition coefficient (Wildman–Crippen LogP) is 4.92. The van der Waals surface area contributed by atoms with E-state index in [0.29, 0.717) is 0 Å². The van der Waals surface area contributed by atoms with Gasteiger partial charge in [-0.05, 0) is 30.7 Å². The number of nitro groups is 1. The Morgan fingerprint density at radius 2 is 1.89 bits per heavy atom. The van der Waals surface area contributed by atoms with Crippen molar-refractivity contribution in [3.63, 3.8) is 0 Å². The van der Waals surface area contributed by atoms with Crippen LogP contribution in [0.4, 0.5) is 18.9 Å². The van der Waals surface area contributed by atoms with Crippen molar-refractivity contribution < 1.29 is 27.6 Å². The van der Waals surface area contributed by atoms with E-state index >= 15 is 0 Å². The number of fused-ring (bicyclic) bond motifs is 1. The van der Waals surface area contributed by atoms with Crippen LogP contribution in [0.5, 0.6) is 0 Å². The van der Waals surface area contributed by atoms with Crippen molar-refractivity contribution in [2.24, 2.45) is 0 Å². The third-order valence-corrected chi connectivity index (χ3v) is 4.28. The quantitative estimate of drug-likeness (QED) is 0.360. The van der Waals surface area contributed by atoms with Crippen molar-refractivity contribution in [3.05, 3.63) is 69.3 Å². The third-order valence-electron chi connectivity index (χ3n) is 4.28. The molecule has 3 rings (SSSR count). The van der Waals surface area contributed by atoms with Gasteiger partial charge in [0.05, 0.1) is 34.4 Å². The fourth-order valence-corrected chi connectivity index (χ4v) is 2.95. The zero-order valence-electron chi connectivity index (χ0n) is 14.7. The number of hydrogen-bond donors (Lipinski definition) is 0. The molecule has 0 unspecified atom stereocenters. The second-order valence-electron chi connectivity index (χ2n) is 5.99. The Kier molecular flexibility index (Phi) is 4.76. The highest BCUT2D eigenvalue weighted by Gasteiger charge is 2.31. The highest BCUT2D eigenvalue weighted by Crippen LogP contribution is 2.35. The van der Waals surface area contributed by atoms with E-state index in [-0.39, 0.29) is 39.0 Å². The minimum atomic E-state index is -4.54. The minimum absolute atomic E-state index is 0.0172. The molecule has 28 heavy (non-hydrogen) atoms. The summed E-state index contributed by atoms with van der Waals surface area (Å²) in [7, 11) is 1.15. The van der Waals surface area contributed by atoms with Crippen LogP contribution in [-0.4, -0.2) is 23.0 Å². The molecule has 0 amide bonds. The first-order chi connectivity index (χ1) is 13.1. The van der Waals surface area contributed by atoms with Crippen molar-refractivity contribution in [2.75, 3.05) is 7.11 Å². The molecule has 0 bridgehead atoms. The van der Waals surface area contributed by atoms with Gasteiger partial charge in [-0.25, -0.2) is 9.78 Å². The first-order valence-corrected chi connectivity index (χ1v) is 7.98. The molecule has 144 valence electrons. The van der Waals surface area contributed by atoms with E-state index in [0.717, 1.165) is 19.2 Å². The van der Waals surface area contributed by atoms with E-state index in [9.17, 15) is 28.1 Å². The lowest BCUT2D eigenvalue weighted by molar-refractivity contribution is -0.384.